The smallest absolute Gasteiger partial charge is 0.398 e. The molecule has 4 N–H and O–H groups in total. The predicted molar refractivity (Wildman–Crippen MR) is 120 cm³/mol. The summed E-state index contributed by atoms with van der Waals surface area (Å²) in [5.74, 6) is -0.737. The number of alkyl halides is 3. The molecule has 0 aliphatic heterocycles. The van der Waals surface area contributed by atoms with Crippen molar-refractivity contribution in [3.63, 3.8) is 0 Å². The Kier molecular flexibility index (Phi) is 6.02. The number of carbonyl (C=O) groups is 1. The molecule has 4 aromatic rings. The topological polar surface area (TPSA) is 88.2 Å². The van der Waals surface area contributed by atoms with Crippen LogP contribution in [0.3, 0.4) is 0 Å². The van der Waals surface area contributed by atoms with Crippen LogP contribution in [0, 0.1) is 0 Å². The number of rotatable bonds is 5. The molecule has 8 heteroatoms. The van der Waals surface area contributed by atoms with Gasteiger partial charge in [-0.2, -0.15) is 13.2 Å². The highest BCUT2D eigenvalue weighted by molar-refractivity contribution is 6.01. The third-order valence-electron chi connectivity index (χ3n) is 5.23. The maximum atomic E-state index is 13.9. The number of halogens is 3. The summed E-state index contributed by atoms with van der Waals surface area (Å²) in [6, 6.07) is 21.1. The largest absolute Gasteiger partial charge is 0.418 e. The average molecular weight is 451 g/mol. The molecule has 1 atom stereocenters. The van der Waals surface area contributed by atoms with Crippen LogP contribution in [0.15, 0.2) is 78.9 Å². The highest BCUT2D eigenvalue weighted by Gasteiger charge is 2.34. The summed E-state index contributed by atoms with van der Waals surface area (Å²) in [5.41, 5.74) is 5.94. The first-order valence-corrected chi connectivity index (χ1v) is 10.1. The Hall–Kier alpha value is -3.91. The summed E-state index contributed by atoms with van der Waals surface area (Å²) < 4.78 is 41.7. The second kappa shape index (κ2) is 8.91. The molecule has 3 aromatic carbocycles. The van der Waals surface area contributed by atoms with Crippen LogP contribution < -0.4 is 11.1 Å². The van der Waals surface area contributed by atoms with Gasteiger partial charge in [0.05, 0.1) is 17.2 Å². The number of pyridine rings is 1. The number of hydrogen-bond donors (Lipinski definition) is 3. The van der Waals surface area contributed by atoms with Crippen LogP contribution in [-0.2, 0) is 6.18 Å². The maximum absolute atomic E-state index is 13.9. The van der Waals surface area contributed by atoms with Crippen molar-refractivity contribution in [1.82, 2.24) is 10.3 Å². The van der Waals surface area contributed by atoms with Crippen LogP contribution in [0.1, 0.15) is 27.7 Å². The standard InChI is InChI=1S/C25H20F3N3O2/c26-25(27,28)19-12-17(15-7-3-1-4-8-15)11-18-20(29)13-21(31-23(18)19)24(33)30-14-22(32)16-9-5-2-6-10-16/h1-13,22,32H,14H2,(H2,29,31)(H,30,33). The number of aromatic nitrogens is 1. The van der Waals surface area contributed by atoms with E-state index < -0.39 is 29.3 Å². The van der Waals surface area contributed by atoms with Crippen molar-refractivity contribution < 1.29 is 23.1 Å². The molecule has 1 amide bonds. The Balaban J connectivity index is 1.70. The van der Waals surface area contributed by atoms with Crippen molar-refractivity contribution in [3.05, 3.63) is 95.7 Å². The molecule has 1 heterocycles. The van der Waals surface area contributed by atoms with E-state index in [1.807, 2.05) is 0 Å². The number of nitrogens with one attached hydrogen (secondary N) is 1. The predicted octanol–water partition coefficient (Wildman–Crippen LogP) is 4.97. The van der Waals surface area contributed by atoms with Crippen molar-refractivity contribution >= 4 is 22.5 Å². The lowest BCUT2D eigenvalue weighted by Gasteiger charge is -2.16. The molecule has 0 saturated heterocycles. The highest BCUT2D eigenvalue weighted by atomic mass is 19.4. The Labute approximate surface area is 187 Å². The lowest BCUT2D eigenvalue weighted by atomic mass is 9.98. The van der Waals surface area contributed by atoms with Gasteiger partial charge in [0.1, 0.15) is 5.69 Å². The molecular weight excluding hydrogens is 431 g/mol. The summed E-state index contributed by atoms with van der Waals surface area (Å²) in [7, 11) is 0. The van der Waals surface area contributed by atoms with Crippen molar-refractivity contribution in [2.45, 2.75) is 12.3 Å². The average Bonchev–Trinajstić information content (AvgIpc) is 2.82. The Morgan fingerprint density at radius 1 is 0.970 bits per heavy atom. The zero-order chi connectivity index (χ0) is 23.6. The van der Waals surface area contributed by atoms with Crippen LogP contribution >= 0.6 is 0 Å². The number of aliphatic hydroxyl groups is 1. The summed E-state index contributed by atoms with van der Waals surface area (Å²) in [4.78, 5) is 16.6. The van der Waals surface area contributed by atoms with E-state index in [1.165, 1.54) is 12.1 Å². The van der Waals surface area contributed by atoms with Crippen LogP contribution in [0.25, 0.3) is 22.0 Å². The number of nitrogens with two attached hydrogens (primary N) is 1. The van der Waals surface area contributed by atoms with Crippen LogP contribution in [-0.4, -0.2) is 22.5 Å². The molecule has 4 rings (SSSR count). The third-order valence-corrected chi connectivity index (χ3v) is 5.23. The van der Waals surface area contributed by atoms with Crippen molar-refractivity contribution in [2.24, 2.45) is 0 Å². The molecule has 0 fully saturated rings. The minimum absolute atomic E-state index is 0.00274. The second-order valence-corrected chi connectivity index (χ2v) is 7.52. The van der Waals surface area contributed by atoms with E-state index in [-0.39, 0.29) is 23.3 Å². The first kappa shape index (κ1) is 22.3. The molecule has 1 unspecified atom stereocenters. The zero-order valence-corrected chi connectivity index (χ0v) is 17.3. The van der Waals surface area contributed by atoms with Gasteiger partial charge in [-0.05, 0) is 34.9 Å². The number of benzene rings is 3. The molecule has 0 radical (unpaired) electrons. The van der Waals surface area contributed by atoms with Gasteiger partial charge in [-0.1, -0.05) is 60.7 Å². The number of amides is 1. The molecule has 1 aromatic heterocycles. The molecule has 0 spiro atoms. The number of anilines is 1. The Morgan fingerprint density at radius 2 is 1.61 bits per heavy atom. The quantitative estimate of drug-likeness (QED) is 0.400. The van der Waals surface area contributed by atoms with E-state index in [0.717, 1.165) is 6.07 Å². The van der Waals surface area contributed by atoms with Gasteiger partial charge in [-0.15, -0.1) is 0 Å². The number of carbonyl (C=O) groups excluding carboxylic acids is 1. The molecule has 0 aliphatic carbocycles. The van der Waals surface area contributed by atoms with Gasteiger partial charge in [-0.25, -0.2) is 4.98 Å². The number of hydrogen-bond acceptors (Lipinski definition) is 4. The van der Waals surface area contributed by atoms with Crippen molar-refractivity contribution in [2.75, 3.05) is 12.3 Å². The van der Waals surface area contributed by atoms with Gasteiger partial charge in [0, 0.05) is 17.6 Å². The van der Waals surface area contributed by atoms with Gasteiger partial charge in [0.2, 0.25) is 0 Å². The maximum Gasteiger partial charge on any atom is 0.418 e. The van der Waals surface area contributed by atoms with Crippen LogP contribution in [0.4, 0.5) is 18.9 Å². The minimum Gasteiger partial charge on any atom is -0.398 e. The minimum atomic E-state index is -4.71. The SMILES string of the molecule is Nc1cc(C(=O)NCC(O)c2ccccc2)nc2c(C(F)(F)F)cc(-c3ccccc3)cc12. The van der Waals surface area contributed by atoms with E-state index in [4.69, 9.17) is 5.73 Å². The van der Waals surface area contributed by atoms with Crippen LogP contribution in [0.5, 0.6) is 0 Å². The number of nitrogen functional groups attached to an aromatic ring is 1. The lowest BCUT2D eigenvalue weighted by Crippen LogP contribution is -2.29. The fourth-order valence-electron chi connectivity index (χ4n) is 3.56. The molecule has 0 bridgehead atoms. The lowest BCUT2D eigenvalue weighted by molar-refractivity contribution is -0.136. The Bertz CT molecular complexity index is 1290. The summed E-state index contributed by atoms with van der Waals surface area (Å²) in [6.07, 6.45) is -5.69. The summed E-state index contributed by atoms with van der Waals surface area (Å²) >= 11 is 0. The molecule has 33 heavy (non-hydrogen) atoms. The highest BCUT2D eigenvalue weighted by Crippen LogP contribution is 2.39. The fourth-order valence-corrected chi connectivity index (χ4v) is 3.56. The molecule has 168 valence electrons. The summed E-state index contributed by atoms with van der Waals surface area (Å²) in [5, 5.41) is 12.8. The third kappa shape index (κ3) is 4.80. The van der Waals surface area contributed by atoms with Crippen molar-refractivity contribution in [1.29, 1.82) is 0 Å². The normalized spacial score (nSPS) is 12.5. The van der Waals surface area contributed by atoms with Gasteiger partial charge in [-0.3, -0.25) is 4.79 Å². The fraction of sp³-hybridized carbons (Fsp3) is 0.120. The molecule has 0 saturated carbocycles. The number of aliphatic hydroxyl groups excluding tert-OH is 1. The molecule has 5 nitrogen and oxygen atoms in total. The monoisotopic (exact) mass is 451 g/mol. The first-order chi connectivity index (χ1) is 15.7. The van der Waals surface area contributed by atoms with Gasteiger partial charge in [0.15, 0.2) is 0 Å². The van der Waals surface area contributed by atoms with Gasteiger partial charge in [0.25, 0.3) is 5.91 Å². The van der Waals surface area contributed by atoms with E-state index in [1.54, 1.807) is 60.7 Å². The van der Waals surface area contributed by atoms with E-state index in [0.29, 0.717) is 16.7 Å². The zero-order valence-electron chi connectivity index (χ0n) is 17.3. The Morgan fingerprint density at radius 3 is 2.24 bits per heavy atom. The first-order valence-electron chi connectivity index (χ1n) is 10.1. The van der Waals surface area contributed by atoms with E-state index >= 15 is 0 Å². The van der Waals surface area contributed by atoms with Crippen molar-refractivity contribution in [3.8, 4) is 11.1 Å². The van der Waals surface area contributed by atoms with Crippen LogP contribution in [0.2, 0.25) is 0 Å². The number of fused-ring (bicyclic) bond motifs is 1. The summed E-state index contributed by atoms with van der Waals surface area (Å²) in [6.45, 7) is -0.137. The van der Waals surface area contributed by atoms with Gasteiger partial charge < -0.3 is 16.2 Å². The number of nitrogens with zero attached hydrogens (tertiary/aromatic N) is 1. The molecule has 0 aliphatic rings. The van der Waals surface area contributed by atoms with Gasteiger partial charge >= 0.3 is 6.18 Å². The second-order valence-electron chi connectivity index (χ2n) is 7.52. The van der Waals surface area contributed by atoms with E-state index in [9.17, 15) is 23.1 Å². The molecular formula is C25H20F3N3O2. The van der Waals surface area contributed by atoms with E-state index in [2.05, 4.69) is 10.3 Å².